The van der Waals surface area contributed by atoms with Crippen LogP contribution >= 0.6 is 0 Å². The minimum absolute atomic E-state index is 0.0327. The molecule has 1 unspecified atom stereocenters. The molecule has 2 rings (SSSR count). The van der Waals surface area contributed by atoms with Crippen LogP contribution in [0.15, 0.2) is 48.8 Å². The minimum atomic E-state index is 0.0327. The SMILES string of the molecule is COc1ccccc1C(CO)Cc1cccnc1. The summed E-state index contributed by atoms with van der Waals surface area (Å²) >= 11 is 0. The maximum Gasteiger partial charge on any atom is 0.122 e. The quantitative estimate of drug-likeness (QED) is 0.877. The highest BCUT2D eigenvalue weighted by Gasteiger charge is 2.15. The third kappa shape index (κ3) is 2.87. The fraction of sp³-hybridized carbons (Fsp3) is 0.267. The first kappa shape index (κ1) is 12.6. The Morgan fingerprint density at radius 2 is 2.06 bits per heavy atom. The van der Waals surface area contributed by atoms with Gasteiger partial charge < -0.3 is 9.84 Å². The molecule has 1 atom stereocenters. The van der Waals surface area contributed by atoms with Crippen molar-refractivity contribution >= 4 is 0 Å². The van der Waals surface area contributed by atoms with Crippen LogP contribution in [-0.2, 0) is 6.42 Å². The van der Waals surface area contributed by atoms with Crippen molar-refractivity contribution in [2.75, 3.05) is 13.7 Å². The highest BCUT2D eigenvalue weighted by molar-refractivity contribution is 5.37. The second-order valence-corrected chi connectivity index (χ2v) is 4.19. The standard InChI is InChI=1S/C15H17NO2/c1-18-15-7-3-2-6-14(15)13(11-17)9-12-5-4-8-16-10-12/h2-8,10,13,17H,9,11H2,1H3. The monoisotopic (exact) mass is 243 g/mol. The van der Waals surface area contributed by atoms with Gasteiger partial charge >= 0.3 is 0 Å². The predicted molar refractivity (Wildman–Crippen MR) is 70.8 cm³/mol. The molecule has 0 aliphatic heterocycles. The molecule has 0 aliphatic rings. The van der Waals surface area contributed by atoms with E-state index >= 15 is 0 Å². The molecule has 0 fully saturated rings. The summed E-state index contributed by atoms with van der Waals surface area (Å²) in [4.78, 5) is 4.10. The van der Waals surface area contributed by atoms with Crippen LogP contribution in [0.1, 0.15) is 17.0 Å². The molecule has 0 amide bonds. The predicted octanol–water partition coefficient (Wildman–Crippen LogP) is 2.41. The molecule has 0 bridgehead atoms. The van der Waals surface area contributed by atoms with Gasteiger partial charge in [-0.25, -0.2) is 0 Å². The van der Waals surface area contributed by atoms with Crippen LogP contribution in [0.5, 0.6) is 5.75 Å². The molecule has 1 aromatic carbocycles. The number of rotatable bonds is 5. The minimum Gasteiger partial charge on any atom is -0.496 e. The molecule has 0 spiro atoms. The Hall–Kier alpha value is -1.87. The number of aliphatic hydroxyl groups is 1. The van der Waals surface area contributed by atoms with Gasteiger partial charge in [0.25, 0.3) is 0 Å². The van der Waals surface area contributed by atoms with Gasteiger partial charge in [0.05, 0.1) is 13.7 Å². The Balaban J connectivity index is 2.23. The van der Waals surface area contributed by atoms with E-state index in [1.54, 1.807) is 13.3 Å². The highest BCUT2D eigenvalue weighted by Crippen LogP contribution is 2.28. The van der Waals surface area contributed by atoms with Crippen LogP contribution in [0.25, 0.3) is 0 Å². The van der Waals surface area contributed by atoms with E-state index in [4.69, 9.17) is 4.74 Å². The van der Waals surface area contributed by atoms with E-state index in [2.05, 4.69) is 4.98 Å². The number of benzene rings is 1. The number of aromatic nitrogens is 1. The van der Waals surface area contributed by atoms with E-state index in [-0.39, 0.29) is 12.5 Å². The van der Waals surface area contributed by atoms with Gasteiger partial charge in [-0.05, 0) is 29.7 Å². The van der Waals surface area contributed by atoms with E-state index in [0.29, 0.717) is 0 Å². The zero-order valence-electron chi connectivity index (χ0n) is 10.4. The molecular formula is C15H17NO2. The summed E-state index contributed by atoms with van der Waals surface area (Å²) in [6.07, 6.45) is 4.34. The Bertz CT molecular complexity index is 485. The maximum atomic E-state index is 9.58. The van der Waals surface area contributed by atoms with Crippen molar-refractivity contribution in [2.24, 2.45) is 0 Å². The summed E-state index contributed by atoms with van der Waals surface area (Å²) in [5.41, 5.74) is 2.15. The first-order chi connectivity index (χ1) is 8.85. The number of aliphatic hydroxyl groups excluding tert-OH is 1. The molecule has 3 nitrogen and oxygen atoms in total. The van der Waals surface area contributed by atoms with E-state index in [1.807, 2.05) is 42.6 Å². The van der Waals surface area contributed by atoms with Crippen LogP contribution < -0.4 is 4.74 Å². The van der Waals surface area contributed by atoms with Gasteiger partial charge in [0.15, 0.2) is 0 Å². The number of para-hydroxylation sites is 1. The Morgan fingerprint density at radius 3 is 2.72 bits per heavy atom. The summed E-state index contributed by atoms with van der Waals surface area (Å²) in [7, 11) is 1.65. The zero-order chi connectivity index (χ0) is 12.8. The van der Waals surface area contributed by atoms with Gasteiger partial charge in [-0.3, -0.25) is 4.98 Å². The second kappa shape index (κ2) is 6.17. The van der Waals surface area contributed by atoms with Crippen LogP contribution in [0.4, 0.5) is 0 Å². The van der Waals surface area contributed by atoms with Crippen LogP contribution in [0, 0.1) is 0 Å². The van der Waals surface area contributed by atoms with Gasteiger partial charge in [-0.1, -0.05) is 24.3 Å². The number of nitrogens with zero attached hydrogens (tertiary/aromatic N) is 1. The highest BCUT2D eigenvalue weighted by atomic mass is 16.5. The molecule has 0 radical (unpaired) electrons. The van der Waals surface area contributed by atoms with Crippen molar-refractivity contribution in [3.63, 3.8) is 0 Å². The number of methoxy groups -OCH3 is 1. The average Bonchev–Trinajstić information content (AvgIpc) is 2.46. The van der Waals surface area contributed by atoms with Crippen molar-refractivity contribution in [3.8, 4) is 5.75 Å². The molecular weight excluding hydrogens is 226 g/mol. The van der Waals surface area contributed by atoms with E-state index < -0.39 is 0 Å². The summed E-state index contributed by atoms with van der Waals surface area (Å²) in [6, 6.07) is 11.7. The fourth-order valence-corrected chi connectivity index (χ4v) is 2.08. The Morgan fingerprint density at radius 1 is 1.22 bits per heavy atom. The number of hydrogen-bond donors (Lipinski definition) is 1. The largest absolute Gasteiger partial charge is 0.496 e. The first-order valence-corrected chi connectivity index (χ1v) is 5.98. The second-order valence-electron chi connectivity index (χ2n) is 4.19. The Kier molecular flexibility index (Phi) is 4.31. The average molecular weight is 243 g/mol. The lowest BCUT2D eigenvalue weighted by molar-refractivity contribution is 0.261. The van der Waals surface area contributed by atoms with Gasteiger partial charge in [0.1, 0.15) is 5.75 Å². The lowest BCUT2D eigenvalue weighted by Crippen LogP contribution is -2.09. The third-order valence-corrected chi connectivity index (χ3v) is 3.00. The lowest BCUT2D eigenvalue weighted by Gasteiger charge is -2.17. The lowest BCUT2D eigenvalue weighted by atomic mass is 9.92. The van der Waals surface area contributed by atoms with Crippen molar-refractivity contribution in [3.05, 3.63) is 59.9 Å². The van der Waals surface area contributed by atoms with Gasteiger partial charge in [-0.15, -0.1) is 0 Å². The van der Waals surface area contributed by atoms with Crippen LogP contribution in [0.2, 0.25) is 0 Å². The van der Waals surface area contributed by atoms with Crippen molar-refractivity contribution in [1.82, 2.24) is 4.98 Å². The zero-order valence-corrected chi connectivity index (χ0v) is 10.4. The summed E-state index contributed by atoms with van der Waals surface area (Å²) in [5.74, 6) is 0.853. The number of ether oxygens (including phenoxy) is 1. The normalized spacial score (nSPS) is 12.1. The van der Waals surface area contributed by atoms with Crippen molar-refractivity contribution in [2.45, 2.75) is 12.3 Å². The molecule has 1 N–H and O–H groups in total. The molecule has 18 heavy (non-hydrogen) atoms. The van der Waals surface area contributed by atoms with Gasteiger partial charge in [0.2, 0.25) is 0 Å². The smallest absolute Gasteiger partial charge is 0.122 e. The molecule has 1 heterocycles. The summed E-state index contributed by atoms with van der Waals surface area (Å²) < 4.78 is 5.34. The van der Waals surface area contributed by atoms with E-state index in [1.165, 1.54) is 0 Å². The van der Waals surface area contributed by atoms with Gasteiger partial charge in [0, 0.05) is 18.3 Å². The van der Waals surface area contributed by atoms with Crippen molar-refractivity contribution in [1.29, 1.82) is 0 Å². The topological polar surface area (TPSA) is 42.4 Å². The number of pyridine rings is 1. The van der Waals surface area contributed by atoms with E-state index in [9.17, 15) is 5.11 Å². The third-order valence-electron chi connectivity index (χ3n) is 3.00. The molecule has 3 heteroatoms. The Labute approximate surface area is 107 Å². The van der Waals surface area contributed by atoms with Crippen molar-refractivity contribution < 1.29 is 9.84 Å². The van der Waals surface area contributed by atoms with Crippen LogP contribution in [0.3, 0.4) is 0 Å². The fourth-order valence-electron chi connectivity index (χ4n) is 2.08. The molecule has 2 aromatic rings. The molecule has 0 saturated carbocycles. The van der Waals surface area contributed by atoms with Gasteiger partial charge in [-0.2, -0.15) is 0 Å². The first-order valence-electron chi connectivity index (χ1n) is 5.98. The molecule has 0 saturated heterocycles. The summed E-state index contributed by atoms with van der Waals surface area (Å²) in [5, 5.41) is 9.58. The number of hydrogen-bond acceptors (Lipinski definition) is 3. The molecule has 94 valence electrons. The molecule has 0 aliphatic carbocycles. The van der Waals surface area contributed by atoms with E-state index in [0.717, 1.165) is 23.3 Å². The summed E-state index contributed by atoms with van der Waals surface area (Å²) in [6.45, 7) is 0.0925. The van der Waals surface area contributed by atoms with Crippen LogP contribution in [-0.4, -0.2) is 23.8 Å². The molecule has 1 aromatic heterocycles. The maximum absolute atomic E-state index is 9.58.